The zero-order valence-electron chi connectivity index (χ0n) is 2.23. The number of nitrogens with zero attached hydrogens (tertiary/aromatic N) is 1. The van der Waals surface area contributed by atoms with Crippen molar-refractivity contribution < 1.29 is 4.79 Å². The van der Waals surface area contributed by atoms with Crippen LogP contribution in [0.1, 0.15) is 0 Å². The molecule has 0 aromatic carbocycles. The number of rotatable bonds is 0. The monoisotopic (exact) mass is 181 g/mol. The van der Waals surface area contributed by atoms with Gasteiger partial charge in [-0.15, -0.1) is 0 Å². The van der Waals surface area contributed by atoms with Gasteiger partial charge in [0.1, 0.15) is 6.07 Å². The van der Waals surface area contributed by atoms with Crippen LogP contribution in [0.4, 0.5) is 0 Å². The third-order valence-corrected chi connectivity index (χ3v) is 0.329. The van der Waals surface area contributed by atoms with Crippen LogP contribution < -0.4 is 0 Å². The van der Waals surface area contributed by atoms with Crippen LogP contribution in [-0.4, -0.2) is 3.79 Å². The van der Waals surface area contributed by atoms with E-state index >= 15 is 0 Å². The quantitative estimate of drug-likeness (QED) is 0.309. The van der Waals surface area contributed by atoms with Gasteiger partial charge in [0.15, 0.2) is 0 Å². The number of carbonyl (C=O) groups is 1. The number of carbonyl (C=O) groups excluding carboxylic acids is 1. The Balaban J connectivity index is 3.35. The molecule has 0 heterocycles. The highest BCUT2D eigenvalue weighted by molar-refractivity contribution is 14.1. The van der Waals surface area contributed by atoms with Crippen LogP contribution >= 0.6 is 22.6 Å². The molecule has 26 valence electrons. The van der Waals surface area contributed by atoms with Crippen LogP contribution in [0.3, 0.4) is 0 Å². The molecule has 3 heteroatoms. The topological polar surface area (TPSA) is 40.9 Å². The standard InChI is InChI=1S/C2INO/c3-2(5)1-4. The lowest BCUT2D eigenvalue weighted by Crippen LogP contribution is -1.67. The molecular formula is C2INO. The average Bonchev–Trinajstić information content (AvgIpc) is 1.38. The van der Waals surface area contributed by atoms with Crippen molar-refractivity contribution >= 4 is 26.4 Å². The molecular weight excluding hydrogens is 181 g/mol. The normalized spacial score (nSPS) is 5.60. The molecule has 0 saturated carbocycles. The fraction of sp³-hybridized carbons (Fsp3) is 0. The first kappa shape index (κ1) is 4.89. The van der Waals surface area contributed by atoms with Gasteiger partial charge in [-0.2, -0.15) is 5.26 Å². The number of halogens is 1. The van der Waals surface area contributed by atoms with Crippen molar-refractivity contribution in [2.75, 3.05) is 0 Å². The largest absolute Gasteiger partial charge is 0.291 e. The maximum absolute atomic E-state index is 9.44. The highest BCUT2D eigenvalue weighted by Crippen LogP contribution is 1.76. The molecule has 0 bridgehead atoms. The second-order valence-corrected chi connectivity index (χ2v) is 1.37. The lowest BCUT2D eigenvalue weighted by atomic mass is 10.9. The fourth-order valence-corrected chi connectivity index (χ4v) is 0. The van der Waals surface area contributed by atoms with E-state index in [-0.39, 0.29) is 0 Å². The van der Waals surface area contributed by atoms with E-state index in [0.29, 0.717) is 0 Å². The Morgan fingerprint density at radius 3 is 2.20 bits per heavy atom. The van der Waals surface area contributed by atoms with Crippen molar-refractivity contribution in [2.45, 2.75) is 0 Å². The molecule has 0 N–H and O–H groups in total. The molecule has 0 aliphatic rings. The SMILES string of the molecule is N#CC(=O)I. The fourth-order valence-electron chi connectivity index (χ4n) is 0. The summed E-state index contributed by atoms with van der Waals surface area (Å²) in [6, 6.07) is 1.38. The Morgan fingerprint density at radius 1 is 2.00 bits per heavy atom. The van der Waals surface area contributed by atoms with Gasteiger partial charge in [0.2, 0.25) is 0 Å². The van der Waals surface area contributed by atoms with Crippen molar-refractivity contribution in [1.29, 1.82) is 5.26 Å². The first-order chi connectivity index (χ1) is 2.27. The van der Waals surface area contributed by atoms with Gasteiger partial charge in [-0.25, -0.2) is 0 Å². The Labute approximate surface area is 42.9 Å². The third kappa shape index (κ3) is 3.89. The molecule has 0 atom stereocenters. The molecule has 0 radical (unpaired) electrons. The number of hydrogen-bond acceptors (Lipinski definition) is 2. The summed E-state index contributed by atoms with van der Waals surface area (Å²) in [4.78, 5) is 9.44. The Hall–Kier alpha value is -0.110. The van der Waals surface area contributed by atoms with E-state index in [2.05, 4.69) is 0 Å². The first-order valence-corrected chi connectivity index (χ1v) is 1.95. The maximum Gasteiger partial charge on any atom is 0.291 e. The minimum absolute atomic E-state index is 0.470. The molecule has 0 amide bonds. The summed E-state index contributed by atoms with van der Waals surface area (Å²) >= 11 is 1.41. The molecule has 0 fully saturated rings. The minimum atomic E-state index is -0.470. The molecule has 0 aliphatic carbocycles. The predicted octanol–water partition coefficient (Wildman–Crippen LogP) is 0.472. The van der Waals surface area contributed by atoms with E-state index in [1.54, 1.807) is 0 Å². The molecule has 0 rings (SSSR count). The smallest absolute Gasteiger partial charge is 0.270 e. The van der Waals surface area contributed by atoms with Gasteiger partial charge in [0, 0.05) is 22.6 Å². The van der Waals surface area contributed by atoms with E-state index in [1.165, 1.54) is 28.7 Å². The molecule has 5 heavy (non-hydrogen) atoms. The number of nitriles is 1. The minimum Gasteiger partial charge on any atom is -0.270 e. The van der Waals surface area contributed by atoms with Crippen molar-refractivity contribution in [3.05, 3.63) is 0 Å². The van der Waals surface area contributed by atoms with E-state index in [0.717, 1.165) is 0 Å². The summed E-state index contributed by atoms with van der Waals surface area (Å²) in [6.45, 7) is 0. The van der Waals surface area contributed by atoms with E-state index in [9.17, 15) is 4.79 Å². The van der Waals surface area contributed by atoms with Crippen molar-refractivity contribution in [3.63, 3.8) is 0 Å². The van der Waals surface area contributed by atoms with Gasteiger partial charge < -0.3 is 0 Å². The summed E-state index contributed by atoms with van der Waals surface area (Å²) in [7, 11) is 0. The highest BCUT2D eigenvalue weighted by Gasteiger charge is 1.78. The van der Waals surface area contributed by atoms with Crippen molar-refractivity contribution in [3.8, 4) is 6.07 Å². The number of hydrogen-bond donors (Lipinski definition) is 0. The van der Waals surface area contributed by atoms with E-state index in [1.807, 2.05) is 0 Å². The molecule has 0 aromatic heterocycles. The Bertz CT molecular complexity index is 82.1. The lowest BCUT2D eigenvalue weighted by molar-refractivity contribution is -0.105. The summed E-state index contributed by atoms with van der Waals surface area (Å²) in [5, 5.41) is 7.54. The molecule has 0 saturated heterocycles. The van der Waals surface area contributed by atoms with Gasteiger partial charge in [0.25, 0.3) is 3.79 Å². The summed E-state index contributed by atoms with van der Waals surface area (Å²) in [6.07, 6.45) is 0. The predicted molar refractivity (Wildman–Crippen MR) is 24.6 cm³/mol. The summed E-state index contributed by atoms with van der Waals surface area (Å²) < 4.78 is -0.470. The molecule has 0 aliphatic heterocycles. The van der Waals surface area contributed by atoms with E-state index < -0.39 is 3.79 Å². The van der Waals surface area contributed by atoms with Crippen LogP contribution in [0.15, 0.2) is 0 Å². The second-order valence-electron chi connectivity index (χ2n) is 0.386. The van der Waals surface area contributed by atoms with Crippen molar-refractivity contribution in [2.24, 2.45) is 0 Å². The van der Waals surface area contributed by atoms with Crippen LogP contribution in [0.25, 0.3) is 0 Å². The van der Waals surface area contributed by atoms with Crippen LogP contribution in [0.2, 0.25) is 0 Å². The second kappa shape index (κ2) is 2.15. The van der Waals surface area contributed by atoms with Gasteiger partial charge in [-0.1, -0.05) is 0 Å². The van der Waals surface area contributed by atoms with E-state index in [4.69, 9.17) is 5.26 Å². The summed E-state index contributed by atoms with van der Waals surface area (Å²) in [5.41, 5.74) is 0. The average molecular weight is 181 g/mol. The van der Waals surface area contributed by atoms with Crippen LogP contribution in [-0.2, 0) is 4.79 Å². The van der Waals surface area contributed by atoms with Gasteiger partial charge in [-0.05, 0) is 0 Å². The van der Waals surface area contributed by atoms with Gasteiger partial charge >= 0.3 is 0 Å². The van der Waals surface area contributed by atoms with Gasteiger partial charge in [0.05, 0.1) is 0 Å². The highest BCUT2D eigenvalue weighted by atomic mass is 127. The Morgan fingerprint density at radius 2 is 2.20 bits per heavy atom. The lowest BCUT2D eigenvalue weighted by Gasteiger charge is -1.50. The molecule has 0 aromatic rings. The zero-order chi connectivity index (χ0) is 4.28. The molecule has 0 unspecified atom stereocenters. The molecule has 2 nitrogen and oxygen atoms in total. The van der Waals surface area contributed by atoms with Crippen LogP contribution in [0, 0.1) is 11.3 Å². The zero-order valence-corrected chi connectivity index (χ0v) is 4.39. The molecule has 0 spiro atoms. The van der Waals surface area contributed by atoms with Gasteiger partial charge in [-0.3, -0.25) is 4.79 Å². The third-order valence-electron chi connectivity index (χ3n) is 0.0879. The maximum atomic E-state index is 9.44. The van der Waals surface area contributed by atoms with Crippen molar-refractivity contribution in [1.82, 2.24) is 0 Å². The van der Waals surface area contributed by atoms with Crippen LogP contribution in [0.5, 0.6) is 0 Å². The first-order valence-electron chi connectivity index (χ1n) is 0.867. The Kier molecular flexibility index (Phi) is 2.10. The summed E-state index contributed by atoms with van der Waals surface area (Å²) in [5.74, 6) is 0.